The van der Waals surface area contributed by atoms with Crippen LogP contribution in [0.25, 0.3) is 0 Å². The molecule has 2 heterocycles. The maximum atomic E-state index is 11.7. The van der Waals surface area contributed by atoms with E-state index in [2.05, 4.69) is 15.6 Å². The highest BCUT2D eigenvalue weighted by molar-refractivity contribution is 5.87. The van der Waals surface area contributed by atoms with Gasteiger partial charge < -0.3 is 20.5 Å². The van der Waals surface area contributed by atoms with Crippen molar-refractivity contribution in [1.29, 1.82) is 0 Å². The Balaban J connectivity index is 1.73. The normalized spacial score (nSPS) is 18.0. The molecule has 7 nitrogen and oxygen atoms in total. The number of carboxylic acid groups (broad SMARTS) is 1. The van der Waals surface area contributed by atoms with Crippen LogP contribution in [0.1, 0.15) is 28.9 Å². The van der Waals surface area contributed by atoms with Crippen LogP contribution < -0.4 is 10.6 Å². The van der Waals surface area contributed by atoms with Crippen LogP contribution in [-0.4, -0.2) is 41.8 Å². The summed E-state index contributed by atoms with van der Waals surface area (Å²) in [5, 5.41) is 14.3. The molecule has 114 valence electrons. The molecule has 2 rings (SSSR count). The number of hydrogen-bond acceptors (Lipinski definition) is 4. The number of carbonyl (C=O) groups is 2. The van der Waals surface area contributed by atoms with Gasteiger partial charge in [0.2, 0.25) is 0 Å². The Bertz CT molecular complexity index is 501. The van der Waals surface area contributed by atoms with Gasteiger partial charge in [-0.1, -0.05) is 0 Å². The number of nitrogens with zero attached hydrogens (tertiary/aromatic N) is 1. The van der Waals surface area contributed by atoms with Gasteiger partial charge in [0.25, 0.3) is 0 Å². The van der Waals surface area contributed by atoms with Crippen LogP contribution in [0, 0.1) is 5.92 Å². The van der Waals surface area contributed by atoms with Crippen molar-refractivity contribution >= 4 is 12.0 Å². The monoisotopic (exact) mass is 293 g/mol. The molecule has 1 aromatic heterocycles. The van der Waals surface area contributed by atoms with Crippen molar-refractivity contribution in [3.05, 3.63) is 29.6 Å². The van der Waals surface area contributed by atoms with Crippen molar-refractivity contribution < 1.29 is 19.4 Å². The van der Waals surface area contributed by atoms with Crippen LogP contribution in [0.3, 0.4) is 0 Å². The maximum Gasteiger partial charge on any atom is 0.335 e. The van der Waals surface area contributed by atoms with E-state index < -0.39 is 5.97 Å². The highest BCUT2D eigenvalue weighted by Crippen LogP contribution is 2.11. The first kappa shape index (κ1) is 15.2. The van der Waals surface area contributed by atoms with E-state index in [1.165, 1.54) is 18.3 Å². The maximum absolute atomic E-state index is 11.7. The van der Waals surface area contributed by atoms with Crippen LogP contribution >= 0.6 is 0 Å². The first-order valence-electron chi connectivity index (χ1n) is 6.93. The highest BCUT2D eigenvalue weighted by atomic mass is 16.5. The second-order valence-corrected chi connectivity index (χ2v) is 4.99. The topological polar surface area (TPSA) is 101 Å². The van der Waals surface area contributed by atoms with E-state index in [9.17, 15) is 9.59 Å². The summed E-state index contributed by atoms with van der Waals surface area (Å²) in [6.07, 6.45) is 3.50. The number of aromatic nitrogens is 1. The minimum Gasteiger partial charge on any atom is -0.478 e. The van der Waals surface area contributed by atoms with Crippen LogP contribution in [0.15, 0.2) is 18.3 Å². The Morgan fingerprint density at radius 2 is 2.29 bits per heavy atom. The van der Waals surface area contributed by atoms with Gasteiger partial charge in [-0.15, -0.1) is 0 Å². The number of hydrogen-bond donors (Lipinski definition) is 3. The average Bonchev–Trinajstić information content (AvgIpc) is 2.52. The van der Waals surface area contributed by atoms with Crippen LogP contribution in [0.5, 0.6) is 0 Å². The van der Waals surface area contributed by atoms with Crippen LogP contribution in [0.2, 0.25) is 0 Å². The molecule has 2 amide bonds. The van der Waals surface area contributed by atoms with Gasteiger partial charge in [0.05, 0.1) is 24.4 Å². The Morgan fingerprint density at radius 3 is 3.00 bits per heavy atom. The van der Waals surface area contributed by atoms with E-state index in [4.69, 9.17) is 9.84 Å². The third-order valence-electron chi connectivity index (χ3n) is 3.30. The fourth-order valence-corrected chi connectivity index (χ4v) is 2.15. The van der Waals surface area contributed by atoms with Gasteiger partial charge in [-0.2, -0.15) is 0 Å². The SMILES string of the molecule is O=C(NCc1cc(C(=O)O)ccn1)NCC1CCCOC1. The second-order valence-electron chi connectivity index (χ2n) is 4.99. The fourth-order valence-electron chi connectivity index (χ4n) is 2.15. The lowest BCUT2D eigenvalue weighted by atomic mass is 10.0. The summed E-state index contributed by atoms with van der Waals surface area (Å²) < 4.78 is 5.34. The quantitative estimate of drug-likeness (QED) is 0.752. The van der Waals surface area contributed by atoms with Crippen LogP contribution in [-0.2, 0) is 11.3 Å². The summed E-state index contributed by atoms with van der Waals surface area (Å²) in [7, 11) is 0. The molecule has 0 spiro atoms. The predicted octanol–water partition coefficient (Wildman–Crippen LogP) is 1.01. The largest absolute Gasteiger partial charge is 0.478 e. The zero-order chi connectivity index (χ0) is 15.1. The predicted molar refractivity (Wildman–Crippen MR) is 75.0 cm³/mol. The lowest BCUT2D eigenvalue weighted by Crippen LogP contribution is -2.39. The lowest BCUT2D eigenvalue weighted by molar-refractivity contribution is 0.0557. The van der Waals surface area contributed by atoms with Gasteiger partial charge >= 0.3 is 12.0 Å². The van der Waals surface area contributed by atoms with Gasteiger partial charge in [-0.25, -0.2) is 9.59 Å². The summed E-state index contributed by atoms with van der Waals surface area (Å²) in [4.78, 5) is 26.5. The molecule has 1 atom stereocenters. The number of ether oxygens (including phenoxy) is 1. The molecule has 0 aliphatic carbocycles. The van der Waals surface area contributed by atoms with Gasteiger partial charge in [0, 0.05) is 19.3 Å². The minimum atomic E-state index is -1.01. The number of carboxylic acids is 1. The molecular weight excluding hydrogens is 274 g/mol. The second kappa shape index (κ2) is 7.58. The van der Waals surface area contributed by atoms with Crippen molar-refractivity contribution in [2.24, 2.45) is 5.92 Å². The van der Waals surface area contributed by atoms with Crippen molar-refractivity contribution in [3.63, 3.8) is 0 Å². The number of nitrogens with one attached hydrogen (secondary N) is 2. The van der Waals surface area contributed by atoms with Gasteiger partial charge in [-0.3, -0.25) is 4.98 Å². The summed E-state index contributed by atoms with van der Waals surface area (Å²) in [5.74, 6) is -0.654. The molecule has 0 bridgehead atoms. The van der Waals surface area contributed by atoms with E-state index in [0.717, 1.165) is 19.4 Å². The Morgan fingerprint density at radius 1 is 1.43 bits per heavy atom. The third-order valence-corrected chi connectivity index (χ3v) is 3.30. The fraction of sp³-hybridized carbons (Fsp3) is 0.500. The summed E-state index contributed by atoms with van der Waals surface area (Å²) in [6, 6.07) is 2.56. The first-order valence-corrected chi connectivity index (χ1v) is 6.93. The summed E-state index contributed by atoms with van der Waals surface area (Å²) in [5.41, 5.74) is 0.660. The number of urea groups is 1. The zero-order valence-electron chi connectivity index (χ0n) is 11.7. The van der Waals surface area contributed by atoms with Gasteiger partial charge in [0.1, 0.15) is 0 Å². The Hall–Kier alpha value is -2.15. The van der Waals surface area contributed by atoms with Crippen molar-refractivity contribution in [2.45, 2.75) is 19.4 Å². The Labute approximate surface area is 122 Å². The van der Waals surface area contributed by atoms with E-state index in [-0.39, 0.29) is 18.1 Å². The smallest absolute Gasteiger partial charge is 0.335 e. The standard InChI is InChI=1S/C14H19N3O4/c18-13(19)11-3-4-15-12(6-11)8-17-14(20)16-7-10-2-1-5-21-9-10/h3-4,6,10H,1-2,5,7-9H2,(H,18,19)(H2,16,17,20). The molecular formula is C14H19N3O4. The number of rotatable bonds is 5. The zero-order valence-corrected chi connectivity index (χ0v) is 11.7. The summed E-state index contributed by atoms with van der Waals surface area (Å²) in [6.45, 7) is 2.25. The van der Waals surface area contributed by atoms with Gasteiger partial charge in [-0.05, 0) is 30.9 Å². The number of amides is 2. The molecule has 3 N–H and O–H groups in total. The molecule has 0 aromatic carbocycles. The average molecular weight is 293 g/mol. The molecule has 7 heteroatoms. The summed E-state index contributed by atoms with van der Waals surface area (Å²) >= 11 is 0. The number of carbonyl (C=O) groups excluding carboxylic acids is 1. The minimum absolute atomic E-state index is 0.154. The lowest BCUT2D eigenvalue weighted by Gasteiger charge is -2.22. The molecule has 1 aromatic rings. The van der Waals surface area contributed by atoms with E-state index in [0.29, 0.717) is 24.8 Å². The molecule has 1 aliphatic rings. The highest BCUT2D eigenvalue weighted by Gasteiger charge is 2.14. The van der Waals surface area contributed by atoms with Crippen LogP contribution in [0.4, 0.5) is 4.79 Å². The molecule has 0 radical (unpaired) electrons. The first-order chi connectivity index (χ1) is 10.1. The van der Waals surface area contributed by atoms with E-state index in [1.54, 1.807) is 0 Å². The van der Waals surface area contributed by atoms with Crippen molar-refractivity contribution in [2.75, 3.05) is 19.8 Å². The number of aromatic carboxylic acids is 1. The van der Waals surface area contributed by atoms with Gasteiger partial charge in [0.15, 0.2) is 0 Å². The van der Waals surface area contributed by atoms with E-state index >= 15 is 0 Å². The molecule has 0 saturated carbocycles. The number of pyridine rings is 1. The molecule has 21 heavy (non-hydrogen) atoms. The van der Waals surface area contributed by atoms with E-state index in [1.807, 2.05) is 0 Å². The van der Waals surface area contributed by atoms with Crippen molar-refractivity contribution in [1.82, 2.24) is 15.6 Å². The third kappa shape index (κ3) is 5.03. The molecule has 1 aliphatic heterocycles. The molecule has 1 unspecified atom stereocenters. The molecule has 1 saturated heterocycles. The van der Waals surface area contributed by atoms with Crippen molar-refractivity contribution in [3.8, 4) is 0 Å². The Kier molecular flexibility index (Phi) is 5.51. The molecule has 1 fully saturated rings.